The molecule has 8 heteroatoms. The number of nitrogens with zero attached hydrogens (tertiary/aromatic N) is 4. The molecule has 7 nitrogen and oxygen atoms in total. The Hall–Kier alpha value is -3.13. The molecule has 1 amide bonds. The second-order valence-corrected chi connectivity index (χ2v) is 8.24. The Bertz CT molecular complexity index is 1070. The van der Waals surface area contributed by atoms with E-state index in [1.807, 2.05) is 21.7 Å². The summed E-state index contributed by atoms with van der Waals surface area (Å²) in [4.78, 5) is 16.4. The highest BCUT2D eigenvalue weighted by Gasteiger charge is 2.46. The summed E-state index contributed by atoms with van der Waals surface area (Å²) in [6.07, 6.45) is 3.30. The predicted octanol–water partition coefficient (Wildman–Crippen LogP) is 2.38. The van der Waals surface area contributed by atoms with E-state index in [1.165, 1.54) is 0 Å². The summed E-state index contributed by atoms with van der Waals surface area (Å²) >= 11 is 0. The molecular formula is C23H27FN6O. The van der Waals surface area contributed by atoms with Crippen molar-refractivity contribution in [1.82, 2.24) is 14.5 Å². The fourth-order valence-corrected chi connectivity index (χ4v) is 4.24. The Morgan fingerprint density at radius 1 is 1.13 bits per heavy atom. The number of fused-ring (bicyclic) bond motifs is 1. The molecule has 0 unspecified atom stereocenters. The van der Waals surface area contributed by atoms with Gasteiger partial charge in [0.1, 0.15) is 6.17 Å². The summed E-state index contributed by atoms with van der Waals surface area (Å²) in [6, 6.07) is 12.5. The minimum atomic E-state index is -0.935. The zero-order valence-electron chi connectivity index (χ0n) is 17.4. The third-order valence-electron chi connectivity index (χ3n) is 6.14. The van der Waals surface area contributed by atoms with E-state index < -0.39 is 12.1 Å². The third-order valence-corrected chi connectivity index (χ3v) is 6.14. The maximum Gasteiger partial charge on any atom is 0.228 e. The van der Waals surface area contributed by atoms with Crippen LogP contribution >= 0.6 is 0 Å². The zero-order valence-corrected chi connectivity index (χ0v) is 17.4. The van der Waals surface area contributed by atoms with E-state index >= 15 is 0 Å². The van der Waals surface area contributed by atoms with Crippen molar-refractivity contribution in [2.75, 3.05) is 49.5 Å². The van der Waals surface area contributed by atoms with Crippen molar-refractivity contribution in [3.8, 4) is 11.1 Å². The van der Waals surface area contributed by atoms with E-state index in [-0.39, 0.29) is 5.91 Å². The van der Waals surface area contributed by atoms with Crippen molar-refractivity contribution < 1.29 is 9.18 Å². The lowest BCUT2D eigenvalue weighted by Crippen LogP contribution is -2.49. The number of carbonyl (C=O) groups is 1. The van der Waals surface area contributed by atoms with E-state index in [1.54, 1.807) is 6.20 Å². The second kappa shape index (κ2) is 8.19. The zero-order chi connectivity index (χ0) is 21.4. The van der Waals surface area contributed by atoms with Gasteiger partial charge in [-0.1, -0.05) is 12.1 Å². The first-order valence-corrected chi connectivity index (χ1v) is 10.8. The lowest BCUT2D eigenvalue weighted by Gasteiger charge is -2.36. The van der Waals surface area contributed by atoms with Gasteiger partial charge in [0.15, 0.2) is 0 Å². The molecule has 3 N–H and O–H groups in total. The van der Waals surface area contributed by atoms with Crippen LogP contribution in [0.15, 0.2) is 48.8 Å². The largest absolute Gasteiger partial charge is 0.384 e. The van der Waals surface area contributed by atoms with Crippen LogP contribution in [-0.2, 0) is 4.79 Å². The smallest absolute Gasteiger partial charge is 0.228 e. The van der Waals surface area contributed by atoms with E-state index in [4.69, 9.17) is 5.73 Å². The molecule has 3 aromatic rings. The number of rotatable bonds is 6. The molecule has 2 aromatic heterocycles. The van der Waals surface area contributed by atoms with E-state index in [0.29, 0.717) is 26.1 Å². The van der Waals surface area contributed by atoms with Gasteiger partial charge in [-0.25, -0.2) is 8.91 Å². The van der Waals surface area contributed by atoms with Crippen LogP contribution in [0.3, 0.4) is 0 Å². The molecule has 162 valence electrons. The second-order valence-electron chi connectivity index (χ2n) is 8.24. The summed E-state index contributed by atoms with van der Waals surface area (Å²) in [5.74, 6) is -0.425. The molecule has 2 atom stereocenters. The molecule has 3 heterocycles. The molecule has 1 aliphatic heterocycles. The molecule has 1 saturated heterocycles. The Labute approximate surface area is 180 Å². The lowest BCUT2D eigenvalue weighted by atomic mass is 10.1. The highest BCUT2D eigenvalue weighted by Crippen LogP contribution is 2.36. The van der Waals surface area contributed by atoms with Gasteiger partial charge in [0.2, 0.25) is 5.91 Å². The fourth-order valence-electron chi connectivity index (χ4n) is 4.24. The van der Waals surface area contributed by atoms with Crippen LogP contribution in [0.2, 0.25) is 0 Å². The molecule has 0 bridgehead atoms. The maximum atomic E-state index is 13.2. The predicted molar refractivity (Wildman–Crippen MR) is 120 cm³/mol. The number of benzene rings is 1. The molecule has 1 aliphatic carbocycles. The van der Waals surface area contributed by atoms with Gasteiger partial charge in [-0.2, -0.15) is 5.10 Å². The number of hydrogen-bond acceptors (Lipinski definition) is 5. The molecule has 0 radical (unpaired) electrons. The maximum absolute atomic E-state index is 13.2. The van der Waals surface area contributed by atoms with Gasteiger partial charge < -0.3 is 20.9 Å². The Kier molecular flexibility index (Phi) is 5.23. The van der Waals surface area contributed by atoms with Crippen molar-refractivity contribution in [3.05, 3.63) is 48.8 Å². The van der Waals surface area contributed by atoms with Gasteiger partial charge in [0, 0.05) is 62.9 Å². The molecule has 1 saturated carbocycles. The first-order valence-electron chi connectivity index (χ1n) is 10.8. The van der Waals surface area contributed by atoms with E-state index in [9.17, 15) is 9.18 Å². The van der Waals surface area contributed by atoms with Crippen LogP contribution in [0.25, 0.3) is 16.6 Å². The minimum Gasteiger partial charge on any atom is -0.384 e. The van der Waals surface area contributed by atoms with Gasteiger partial charge in [0.25, 0.3) is 0 Å². The number of nitrogens with one attached hydrogen (secondary N) is 1. The number of aromatic nitrogens is 2. The number of carbonyl (C=O) groups excluding carboxylic acids is 1. The Balaban J connectivity index is 1.33. The van der Waals surface area contributed by atoms with Gasteiger partial charge >= 0.3 is 0 Å². The van der Waals surface area contributed by atoms with Crippen molar-refractivity contribution in [2.45, 2.75) is 12.6 Å². The fraction of sp³-hybridized carbons (Fsp3) is 0.391. The summed E-state index contributed by atoms with van der Waals surface area (Å²) in [6.45, 7) is 4.06. The van der Waals surface area contributed by atoms with E-state index in [0.717, 1.165) is 47.7 Å². The number of piperazine rings is 1. The SMILES string of the molecule is NCCNc1ccc(-c2cc3c(N4CCN(C(=O)[C@H]5C[C@H]5F)CC4)ccnn3c2)cc1. The average molecular weight is 423 g/mol. The summed E-state index contributed by atoms with van der Waals surface area (Å²) in [7, 11) is 0. The van der Waals surface area contributed by atoms with Crippen molar-refractivity contribution in [1.29, 1.82) is 0 Å². The van der Waals surface area contributed by atoms with Gasteiger partial charge in [-0.15, -0.1) is 0 Å². The Morgan fingerprint density at radius 2 is 1.87 bits per heavy atom. The number of nitrogens with two attached hydrogens (primary N) is 1. The van der Waals surface area contributed by atoms with Crippen molar-refractivity contribution in [2.24, 2.45) is 11.7 Å². The first-order chi connectivity index (χ1) is 15.1. The highest BCUT2D eigenvalue weighted by atomic mass is 19.1. The van der Waals surface area contributed by atoms with Crippen LogP contribution in [0.1, 0.15) is 6.42 Å². The standard InChI is InChI=1S/C23H27FN6O/c24-20-14-19(20)23(31)29-11-9-28(10-12-29)21-5-7-27-30-15-17(13-22(21)30)16-1-3-18(4-2-16)26-8-6-25/h1-5,7,13,15,19-20,26H,6,8-12,14,25H2/t19-,20+/m0/s1. The van der Waals surface area contributed by atoms with Crippen LogP contribution in [0, 0.1) is 5.92 Å². The van der Waals surface area contributed by atoms with E-state index in [2.05, 4.69) is 45.6 Å². The van der Waals surface area contributed by atoms with Crippen LogP contribution in [0.5, 0.6) is 0 Å². The quantitative estimate of drug-likeness (QED) is 0.638. The van der Waals surface area contributed by atoms with Crippen LogP contribution in [-0.4, -0.2) is 65.9 Å². The summed E-state index contributed by atoms with van der Waals surface area (Å²) in [5.41, 5.74) is 11.0. The number of hydrogen-bond donors (Lipinski definition) is 2. The number of anilines is 2. The molecule has 1 aromatic carbocycles. The Morgan fingerprint density at radius 3 is 2.55 bits per heavy atom. The molecular weight excluding hydrogens is 395 g/mol. The molecule has 31 heavy (non-hydrogen) atoms. The lowest BCUT2D eigenvalue weighted by molar-refractivity contribution is -0.133. The first kappa shape index (κ1) is 19.8. The summed E-state index contributed by atoms with van der Waals surface area (Å²) < 4.78 is 15.1. The third kappa shape index (κ3) is 3.95. The van der Waals surface area contributed by atoms with Gasteiger partial charge in [0.05, 0.1) is 17.1 Å². The number of halogens is 1. The monoisotopic (exact) mass is 422 g/mol. The molecule has 0 spiro atoms. The minimum absolute atomic E-state index is 0.0265. The molecule has 2 fully saturated rings. The number of alkyl halides is 1. The van der Waals surface area contributed by atoms with Crippen LogP contribution in [0.4, 0.5) is 15.8 Å². The molecule has 2 aliphatic rings. The molecule has 5 rings (SSSR count). The van der Waals surface area contributed by atoms with Gasteiger partial charge in [-0.05, 0) is 36.2 Å². The number of amides is 1. The normalized spacial score (nSPS) is 20.8. The topological polar surface area (TPSA) is 78.9 Å². The van der Waals surface area contributed by atoms with Crippen LogP contribution < -0.4 is 16.0 Å². The highest BCUT2D eigenvalue weighted by molar-refractivity contribution is 5.83. The summed E-state index contributed by atoms with van der Waals surface area (Å²) in [5, 5.41) is 7.76. The van der Waals surface area contributed by atoms with Crippen molar-refractivity contribution >= 4 is 22.8 Å². The van der Waals surface area contributed by atoms with Gasteiger partial charge in [-0.3, -0.25) is 4.79 Å². The average Bonchev–Trinajstić information content (AvgIpc) is 3.38. The van der Waals surface area contributed by atoms with Crippen molar-refractivity contribution in [3.63, 3.8) is 0 Å².